The molecule has 0 aliphatic heterocycles. The van der Waals surface area contributed by atoms with Gasteiger partial charge in [-0.3, -0.25) is 0 Å². The molecule has 4 nitrogen and oxygen atoms in total. The van der Waals surface area contributed by atoms with E-state index in [4.69, 9.17) is 5.73 Å². The topological polar surface area (TPSA) is 67.5 Å². The second-order valence-corrected chi connectivity index (χ2v) is 6.15. The maximum absolute atomic E-state index is 10.7. The van der Waals surface area contributed by atoms with E-state index < -0.39 is 6.03 Å². The minimum atomic E-state index is -0.581. The fourth-order valence-corrected chi connectivity index (χ4v) is 3.07. The number of carbonyl (C=O) groups excluding carboxylic acids is 1. The molecule has 20 heavy (non-hydrogen) atoms. The molecule has 1 fully saturated rings. The van der Waals surface area contributed by atoms with Gasteiger partial charge in [-0.25, -0.2) is 10.2 Å². The summed E-state index contributed by atoms with van der Waals surface area (Å²) in [6.45, 7) is 1.98. The van der Waals surface area contributed by atoms with Crippen LogP contribution >= 0.6 is 0 Å². The number of hydrogen-bond donors (Lipinski definition) is 2. The molecule has 1 saturated carbocycles. The quantitative estimate of drug-likeness (QED) is 0.586. The highest BCUT2D eigenvalue weighted by Crippen LogP contribution is 2.23. The van der Waals surface area contributed by atoms with E-state index in [0.717, 1.165) is 12.1 Å². The standard InChI is InChI=1S/C16H31N3O/c1-14(18-19-16(17)20)13-15-11-9-7-5-3-2-4-6-8-10-12-15/h15H,2-13H2,1H3,(H3,17,19,20). The summed E-state index contributed by atoms with van der Waals surface area (Å²) in [5, 5.41) is 4.04. The van der Waals surface area contributed by atoms with Gasteiger partial charge >= 0.3 is 6.03 Å². The molecule has 0 atom stereocenters. The Balaban J connectivity index is 2.37. The molecule has 0 unspecified atom stereocenters. The normalized spacial score (nSPS) is 20.8. The maximum atomic E-state index is 10.7. The highest BCUT2D eigenvalue weighted by atomic mass is 16.2. The summed E-state index contributed by atoms with van der Waals surface area (Å²) in [5.41, 5.74) is 8.35. The van der Waals surface area contributed by atoms with Crippen LogP contribution in [-0.2, 0) is 0 Å². The van der Waals surface area contributed by atoms with Gasteiger partial charge < -0.3 is 5.73 Å². The van der Waals surface area contributed by atoms with Crippen molar-refractivity contribution in [1.29, 1.82) is 0 Å². The van der Waals surface area contributed by atoms with Gasteiger partial charge in [-0.2, -0.15) is 5.10 Å². The van der Waals surface area contributed by atoms with E-state index in [-0.39, 0.29) is 0 Å². The zero-order valence-corrected chi connectivity index (χ0v) is 13.0. The van der Waals surface area contributed by atoms with Crippen LogP contribution in [0.4, 0.5) is 4.79 Å². The van der Waals surface area contributed by atoms with Crippen LogP contribution in [0.1, 0.15) is 84.0 Å². The number of nitrogens with two attached hydrogens (primary N) is 1. The van der Waals surface area contributed by atoms with Crippen molar-refractivity contribution >= 4 is 11.7 Å². The van der Waals surface area contributed by atoms with Gasteiger partial charge in [-0.05, 0) is 19.3 Å². The van der Waals surface area contributed by atoms with Crippen molar-refractivity contribution in [2.45, 2.75) is 84.0 Å². The molecule has 3 N–H and O–H groups in total. The molecule has 0 radical (unpaired) electrons. The first-order valence-corrected chi connectivity index (χ1v) is 8.27. The number of urea groups is 1. The van der Waals surface area contributed by atoms with Gasteiger partial charge in [0, 0.05) is 5.71 Å². The number of hydrazone groups is 1. The Morgan fingerprint density at radius 3 is 1.90 bits per heavy atom. The van der Waals surface area contributed by atoms with E-state index in [1.807, 2.05) is 6.92 Å². The lowest BCUT2D eigenvalue weighted by molar-refractivity contribution is 0.249. The molecule has 0 aromatic rings. The molecule has 2 amide bonds. The van der Waals surface area contributed by atoms with E-state index in [1.54, 1.807) is 0 Å². The summed E-state index contributed by atoms with van der Waals surface area (Å²) in [4.78, 5) is 10.7. The van der Waals surface area contributed by atoms with Crippen molar-refractivity contribution < 1.29 is 4.79 Å². The van der Waals surface area contributed by atoms with Gasteiger partial charge in [0.05, 0.1) is 0 Å². The predicted octanol–water partition coefficient (Wildman–Crippen LogP) is 4.34. The lowest BCUT2D eigenvalue weighted by atomic mass is 9.89. The van der Waals surface area contributed by atoms with Crippen LogP contribution < -0.4 is 11.2 Å². The number of nitrogens with one attached hydrogen (secondary N) is 1. The molecular formula is C16H31N3O. The van der Waals surface area contributed by atoms with E-state index in [2.05, 4.69) is 10.5 Å². The van der Waals surface area contributed by atoms with Crippen molar-refractivity contribution in [2.24, 2.45) is 16.8 Å². The lowest BCUT2D eigenvalue weighted by Crippen LogP contribution is -2.25. The molecule has 4 heteroatoms. The molecule has 1 aliphatic rings. The summed E-state index contributed by atoms with van der Waals surface area (Å²) in [6, 6.07) is -0.581. The van der Waals surface area contributed by atoms with E-state index in [0.29, 0.717) is 5.92 Å². The molecule has 0 aromatic carbocycles. The second-order valence-electron chi connectivity index (χ2n) is 6.15. The first-order valence-electron chi connectivity index (χ1n) is 8.27. The molecule has 1 rings (SSSR count). The van der Waals surface area contributed by atoms with E-state index in [1.165, 1.54) is 70.6 Å². The predicted molar refractivity (Wildman–Crippen MR) is 84.7 cm³/mol. The SMILES string of the molecule is CC(CC1CCCCCCCCCCC1)=NNC(N)=O. The molecule has 0 saturated heterocycles. The van der Waals surface area contributed by atoms with Gasteiger partial charge in [0.25, 0.3) is 0 Å². The van der Waals surface area contributed by atoms with Crippen LogP contribution in [0, 0.1) is 5.92 Å². The minimum absolute atomic E-state index is 0.581. The smallest absolute Gasteiger partial charge is 0.332 e. The van der Waals surface area contributed by atoms with Crippen LogP contribution in [0.15, 0.2) is 5.10 Å². The largest absolute Gasteiger partial charge is 0.350 e. The molecule has 116 valence electrons. The number of amides is 2. The summed E-state index contributed by atoms with van der Waals surface area (Å²) < 4.78 is 0. The van der Waals surface area contributed by atoms with Crippen LogP contribution in [0.2, 0.25) is 0 Å². The summed E-state index contributed by atoms with van der Waals surface area (Å²) in [5.74, 6) is 0.716. The fourth-order valence-electron chi connectivity index (χ4n) is 3.07. The summed E-state index contributed by atoms with van der Waals surface area (Å²) >= 11 is 0. The third kappa shape index (κ3) is 8.94. The van der Waals surface area contributed by atoms with Crippen molar-refractivity contribution in [1.82, 2.24) is 5.43 Å². The van der Waals surface area contributed by atoms with Crippen molar-refractivity contribution in [3.8, 4) is 0 Å². The molecule has 0 heterocycles. The number of primary amides is 1. The van der Waals surface area contributed by atoms with Crippen LogP contribution in [-0.4, -0.2) is 11.7 Å². The molecule has 0 aromatic heterocycles. The molecule has 0 bridgehead atoms. The maximum Gasteiger partial charge on any atom is 0.332 e. The van der Waals surface area contributed by atoms with Crippen LogP contribution in [0.5, 0.6) is 0 Å². The third-order valence-corrected chi connectivity index (χ3v) is 4.17. The number of nitrogens with zero attached hydrogens (tertiary/aromatic N) is 1. The molecule has 0 spiro atoms. The van der Waals surface area contributed by atoms with Gasteiger partial charge in [-0.15, -0.1) is 0 Å². The molecular weight excluding hydrogens is 250 g/mol. The van der Waals surface area contributed by atoms with Crippen LogP contribution in [0.25, 0.3) is 0 Å². The summed E-state index contributed by atoms with van der Waals surface area (Å²) in [6.07, 6.45) is 16.0. The van der Waals surface area contributed by atoms with Gasteiger partial charge in [0.2, 0.25) is 0 Å². The monoisotopic (exact) mass is 281 g/mol. The first-order chi connectivity index (χ1) is 9.68. The van der Waals surface area contributed by atoms with E-state index >= 15 is 0 Å². The first kappa shape index (κ1) is 17.0. The number of carbonyl (C=O) groups is 1. The number of rotatable bonds is 3. The average molecular weight is 281 g/mol. The zero-order chi connectivity index (χ0) is 14.6. The second kappa shape index (κ2) is 10.7. The van der Waals surface area contributed by atoms with Gasteiger partial charge in [-0.1, -0.05) is 70.6 Å². The Kier molecular flexibility index (Phi) is 9.09. The van der Waals surface area contributed by atoms with E-state index in [9.17, 15) is 4.79 Å². The Hall–Kier alpha value is -1.06. The van der Waals surface area contributed by atoms with Gasteiger partial charge in [0.1, 0.15) is 0 Å². The zero-order valence-electron chi connectivity index (χ0n) is 13.0. The fraction of sp³-hybridized carbons (Fsp3) is 0.875. The average Bonchev–Trinajstić information content (AvgIpc) is 2.39. The van der Waals surface area contributed by atoms with Crippen molar-refractivity contribution in [3.05, 3.63) is 0 Å². The van der Waals surface area contributed by atoms with Crippen molar-refractivity contribution in [2.75, 3.05) is 0 Å². The Morgan fingerprint density at radius 1 is 1.00 bits per heavy atom. The Labute approximate surface area is 123 Å². The van der Waals surface area contributed by atoms with Crippen molar-refractivity contribution in [3.63, 3.8) is 0 Å². The Morgan fingerprint density at radius 2 is 1.45 bits per heavy atom. The highest BCUT2D eigenvalue weighted by Gasteiger charge is 2.11. The van der Waals surface area contributed by atoms with Gasteiger partial charge in [0.15, 0.2) is 0 Å². The Bertz CT molecular complexity index is 290. The molecule has 1 aliphatic carbocycles. The summed E-state index contributed by atoms with van der Waals surface area (Å²) in [7, 11) is 0. The van der Waals surface area contributed by atoms with Crippen LogP contribution in [0.3, 0.4) is 0 Å². The lowest BCUT2D eigenvalue weighted by Gasteiger charge is -2.17. The number of hydrogen-bond acceptors (Lipinski definition) is 2. The minimum Gasteiger partial charge on any atom is -0.350 e. The third-order valence-electron chi connectivity index (χ3n) is 4.17. The highest BCUT2D eigenvalue weighted by molar-refractivity contribution is 5.83.